The van der Waals surface area contributed by atoms with Gasteiger partial charge in [0.1, 0.15) is 18.9 Å². The molecule has 1 aliphatic rings. The number of aromatic nitrogens is 1. The summed E-state index contributed by atoms with van der Waals surface area (Å²) in [6.45, 7) is 6.55. The van der Waals surface area contributed by atoms with E-state index >= 15 is 0 Å². The van der Waals surface area contributed by atoms with E-state index < -0.39 is 6.16 Å². The molecule has 0 spiro atoms. The van der Waals surface area contributed by atoms with Crippen LogP contribution in [0, 0.1) is 0 Å². The third kappa shape index (κ3) is 5.06. The van der Waals surface area contributed by atoms with Crippen LogP contribution in [0.2, 0.25) is 0 Å². The maximum absolute atomic E-state index is 12.1. The van der Waals surface area contributed by atoms with E-state index in [0.717, 1.165) is 5.56 Å². The maximum atomic E-state index is 12.1. The minimum Gasteiger partial charge on any atom is -0.447 e. The second kappa shape index (κ2) is 7.88. The molecular formula is C19H24N2O5. The fourth-order valence-corrected chi connectivity index (χ4v) is 2.92. The fraction of sp³-hybridized carbons (Fsp3) is 0.474. The van der Waals surface area contributed by atoms with Gasteiger partial charge in [0, 0.05) is 6.42 Å². The van der Waals surface area contributed by atoms with Gasteiger partial charge < -0.3 is 18.7 Å². The van der Waals surface area contributed by atoms with E-state index in [9.17, 15) is 4.79 Å². The van der Waals surface area contributed by atoms with Gasteiger partial charge in [-0.2, -0.15) is 0 Å². The fourth-order valence-electron chi connectivity index (χ4n) is 2.92. The second-order valence-electron chi connectivity index (χ2n) is 7.19. The van der Waals surface area contributed by atoms with Crippen LogP contribution in [0.15, 0.2) is 47.2 Å². The van der Waals surface area contributed by atoms with E-state index in [1.807, 2.05) is 51.1 Å². The summed E-state index contributed by atoms with van der Waals surface area (Å²) in [6.07, 6.45) is 2.82. The average Bonchev–Trinajstić information content (AvgIpc) is 3.22. The Hall–Kier alpha value is -2.38. The molecule has 26 heavy (non-hydrogen) atoms. The zero-order chi connectivity index (χ0) is 18.6. The predicted molar refractivity (Wildman–Crippen MR) is 92.9 cm³/mol. The first-order chi connectivity index (χ1) is 12.4. The number of hydrogen-bond donors (Lipinski definition) is 0. The summed E-state index contributed by atoms with van der Waals surface area (Å²) in [5, 5.41) is 1.52. The van der Waals surface area contributed by atoms with Crippen molar-refractivity contribution in [2.24, 2.45) is 0 Å². The maximum Gasteiger partial charge on any atom is 0.528 e. The van der Waals surface area contributed by atoms with E-state index in [4.69, 9.17) is 18.7 Å². The molecule has 0 radical (unpaired) electrons. The summed E-state index contributed by atoms with van der Waals surface area (Å²) in [4.78, 5) is 21.7. The lowest BCUT2D eigenvalue weighted by molar-refractivity contribution is -0.151. The third-order valence-corrected chi connectivity index (χ3v) is 3.87. The number of carbonyl (C=O) groups excluding carboxylic acids is 1. The lowest BCUT2D eigenvalue weighted by atomic mass is 10.1. The molecule has 7 heteroatoms. The van der Waals surface area contributed by atoms with Crippen molar-refractivity contribution in [2.45, 2.75) is 51.5 Å². The number of rotatable bonds is 5. The highest BCUT2D eigenvalue weighted by atomic mass is 16.8. The van der Waals surface area contributed by atoms with Crippen LogP contribution in [0.25, 0.3) is 0 Å². The van der Waals surface area contributed by atoms with E-state index in [0.29, 0.717) is 18.9 Å². The minimum atomic E-state index is -0.762. The molecular weight excluding hydrogens is 336 g/mol. The molecule has 1 fully saturated rings. The average molecular weight is 360 g/mol. The van der Waals surface area contributed by atoms with Gasteiger partial charge in [0.05, 0.1) is 24.4 Å². The van der Waals surface area contributed by atoms with Crippen LogP contribution in [0.4, 0.5) is 4.79 Å². The number of ether oxygens (including phenoxy) is 2. The molecule has 1 aliphatic heterocycles. The molecule has 0 saturated carbocycles. The van der Waals surface area contributed by atoms with Crippen LogP contribution in [0.3, 0.4) is 0 Å². The Morgan fingerprint density at radius 1 is 1.31 bits per heavy atom. The van der Waals surface area contributed by atoms with Crippen molar-refractivity contribution in [1.82, 2.24) is 10.0 Å². The van der Waals surface area contributed by atoms with E-state index in [1.165, 1.54) is 11.3 Å². The van der Waals surface area contributed by atoms with Crippen molar-refractivity contribution in [3.8, 4) is 0 Å². The Balaban J connectivity index is 1.60. The minimum absolute atomic E-state index is 0.103. The molecule has 140 valence electrons. The van der Waals surface area contributed by atoms with Crippen molar-refractivity contribution >= 4 is 6.16 Å². The molecule has 0 aliphatic carbocycles. The molecule has 2 aromatic rings. The first-order valence-corrected chi connectivity index (χ1v) is 8.63. The SMILES string of the molecule is CC(C)(C)O[C@@H]1C[C@@H](c2ncco2)N(OC(=O)OCc2ccccc2)C1. The molecule has 1 aromatic heterocycles. The van der Waals surface area contributed by atoms with E-state index in [-0.39, 0.29) is 24.4 Å². The van der Waals surface area contributed by atoms with Crippen molar-refractivity contribution < 1.29 is 23.5 Å². The Labute approximate surface area is 152 Å². The first kappa shape index (κ1) is 18.4. The highest BCUT2D eigenvalue weighted by Gasteiger charge is 2.41. The van der Waals surface area contributed by atoms with E-state index in [1.54, 1.807) is 6.20 Å². The number of nitrogens with zero attached hydrogens (tertiary/aromatic N) is 2. The number of benzene rings is 1. The van der Waals surface area contributed by atoms with Crippen LogP contribution in [-0.2, 0) is 20.9 Å². The van der Waals surface area contributed by atoms with Gasteiger partial charge in [0.25, 0.3) is 0 Å². The van der Waals surface area contributed by atoms with Gasteiger partial charge in [0.15, 0.2) is 0 Å². The molecule has 1 saturated heterocycles. The molecule has 3 rings (SSSR count). The van der Waals surface area contributed by atoms with Gasteiger partial charge >= 0.3 is 6.16 Å². The summed E-state index contributed by atoms with van der Waals surface area (Å²) in [6, 6.07) is 9.14. The van der Waals surface area contributed by atoms with Gasteiger partial charge in [-0.15, -0.1) is 5.06 Å². The van der Waals surface area contributed by atoms with Crippen LogP contribution in [0.5, 0.6) is 0 Å². The highest BCUT2D eigenvalue weighted by Crippen LogP contribution is 2.34. The van der Waals surface area contributed by atoms with Crippen LogP contribution >= 0.6 is 0 Å². The van der Waals surface area contributed by atoms with Gasteiger partial charge in [0.2, 0.25) is 5.89 Å². The van der Waals surface area contributed by atoms with Crippen molar-refractivity contribution in [3.63, 3.8) is 0 Å². The summed E-state index contributed by atoms with van der Waals surface area (Å²) in [5.74, 6) is 0.487. The largest absolute Gasteiger partial charge is 0.528 e. The number of carbonyl (C=O) groups is 1. The number of oxazole rings is 1. The predicted octanol–water partition coefficient (Wildman–Crippen LogP) is 3.87. The van der Waals surface area contributed by atoms with Gasteiger partial charge in [-0.25, -0.2) is 9.78 Å². The Bertz CT molecular complexity index is 696. The topological polar surface area (TPSA) is 74.0 Å². The van der Waals surface area contributed by atoms with Gasteiger partial charge in [-0.3, -0.25) is 0 Å². The molecule has 0 unspecified atom stereocenters. The highest BCUT2D eigenvalue weighted by molar-refractivity contribution is 5.59. The first-order valence-electron chi connectivity index (χ1n) is 8.63. The van der Waals surface area contributed by atoms with Crippen molar-refractivity contribution in [2.75, 3.05) is 6.54 Å². The second-order valence-corrected chi connectivity index (χ2v) is 7.19. The van der Waals surface area contributed by atoms with Crippen LogP contribution in [0.1, 0.15) is 44.7 Å². The summed E-state index contributed by atoms with van der Waals surface area (Å²) in [7, 11) is 0. The Kier molecular flexibility index (Phi) is 5.58. The molecule has 2 heterocycles. The molecule has 2 atom stereocenters. The third-order valence-electron chi connectivity index (χ3n) is 3.87. The molecule has 7 nitrogen and oxygen atoms in total. The molecule has 1 aromatic carbocycles. The quantitative estimate of drug-likeness (QED) is 0.749. The Morgan fingerprint density at radius 3 is 2.73 bits per heavy atom. The monoisotopic (exact) mass is 360 g/mol. The number of hydrogen-bond acceptors (Lipinski definition) is 7. The van der Waals surface area contributed by atoms with Crippen LogP contribution < -0.4 is 0 Å². The number of hydroxylamine groups is 2. The van der Waals surface area contributed by atoms with E-state index in [2.05, 4.69) is 4.98 Å². The summed E-state index contributed by atoms with van der Waals surface area (Å²) < 4.78 is 16.6. The smallest absolute Gasteiger partial charge is 0.447 e. The lowest BCUT2D eigenvalue weighted by Crippen LogP contribution is -2.32. The zero-order valence-electron chi connectivity index (χ0n) is 15.3. The van der Waals surface area contributed by atoms with Crippen LogP contribution in [-0.4, -0.2) is 34.5 Å². The molecule has 0 amide bonds. The molecule has 0 bridgehead atoms. The Morgan fingerprint density at radius 2 is 2.08 bits per heavy atom. The normalized spacial score (nSPS) is 20.9. The summed E-state index contributed by atoms with van der Waals surface area (Å²) in [5.41, 5.74) is 0.597. The van der Waals surface area contributed by atoms with Crippen molar-refractivity contribution in [1.29, 1.82) is 0 Å². The molecule has 0 N–H and O–H groups in total. The lowest BCUT2D eigenvalue weighted by Gasteiger charge is -2.24. The van der Waals surface area contributed by atoms with Crippen molar-refractivity contribution in [3.05, 3.63) is 54.2 Å². The van der Waals surface area contributed by atoms with Gasteiger partial charge in [-0.1, -0.05) is 30.3 Å². The zero-order valence-corrected chi connectivity index (χ0v) is 15.3. The summed E-state index contributed by atoms with van der Waals surface area (Å²) >= 11 is 0. The van der Waals surface area contributed by atoms with Gasteiger partial charge in [-0.05, 0) is 26.3 Å². The standard InChI is InChI=1S/C19H24N2O5/c1-19(2,3)25-15-11-16(17-20-9-10-23-17)21(12-15)26-18(22)24-13-14-7-5-4-6-8-14/h4-10,15-16H,11-13H2,1-3H3/t15-,16+/m1/s1.